The standard InChI is InChI=1S/C21H32N4/c1-21(2,15-18-9-5-4-6-10-18)17-23-20(22-3)25-14-11-19(16-25)24-12-7-8-13-24/h4-10,19H,11-17H2,1-3H3,(H,22,23). The van der Waals surface area contributed by atoms with E-state index < -0.39 is 0 Å². The van der Waals surface area contributed by atoms with E-state index in [0.29, 0.717) is 6.04 Å². The van der Waals surface area contributed by atoms with Crippen LogP contribution in [0.1, 0.15) is 25.8 Å². The van der Waals surface area contributed by atoms with E-state index >= 15 is 0 Å². The lowest BCUT2D eigenvalue weighted by Gasteiger charge is -2.29. The van der Waals surface area contributed by atoms with Crippen LogP contribution in [0.3, 0.4) is 0 Å². The molecule has 0 aliphatic carbocycles. The summed E-state index contributed by atoms with van der Waals surface area (Å²) in [4.78, 5) is 9.52. The highest BCUT2D eigenvalue weighted by atomic mass is 15.3. The number of guanidine groups is 1. The highest BCUT2D eigenvalue weighted by Gasteiger charge is 2.30. The van der Waals surface area contributed by atoms with Crippen LogP contribution in [0.5, 0.6) is 0 Å². The molecule has 1 N–H and O–H groups in total. The zero-order valence-corrected chi connectivity index (χ0v) is 15.9. The van der Waals surface area contributed by atoms with Gasteiger partial charge in [-0.1, -0.05) is 56.3 Å². The Morgan fingerprint density at radius 2 is 1.92 bits per heavy atom. The lowest BCUT2D eigenvalue weighted by atomic mass is 9.86. The van der Waals surface area contributed by atoms with Crippen LogP contribution in [0.25, 0.3) is 0 Å². The van der Waals surface area contributed by atoms with Gasteiger partial charge in [-0.2, -0.15) is 0 Å². The van der Waals surface area contributed by atoms with Crippen molar-refractivity contribution < 1.29 is 0 Å². The molecule has 0 spiro atoms. The van der Waals surface area contributed by atoms with Crippen LogP contribution in [0.4, 0.5) is 0 Å². The lowest BCUT2D eigenvalue weighted by Crippen LogP contribution is -2.45. The van der Waals surface area contributed by atoms with E-state index in [9.17, 15) is 0 Å². The number of hydrogen-bond acceptors (Lipinski definition) is 2. The van der Waals surface area contributed by atoms with Gasteiger partial charge >= 0.3 is 0 Å². The number of aliphatic imine (C=N–C) groups is 1. The molecule has 0 bridgehead atoms. The molecule has 3 rings (SSSR count). The summed E-state index contributed by atoms with van der Waals surface area (Å²) in [5, 5.41) is 3.62. The number of hydrogen-bond donors (Lipinski definition) is 1. The molecular formula is C21H32N4. The molecule has 1 aromatic carbocycles. The molecular weight excluding hydrogens is 308 g/mol. The fourth-order valence-corrected chi connectivity index (χ4v) is 3.89. The zero-order valence-electron chi connectivity index (χ0n) is 15.9. The van der Waals surface area contributed by atoms with Gasteiger partial charge in [0.05, 0.1) is 0 Å². The van der Waals surface area contributed by atoms with E-state index in [-0.39, 0.29) is 5.41 Å². The van der Waals surface area contributed by atoms with Gasteiger partial charge in [-0.3, -0.25) is 9.89 Å². The van der Waals surface area contributed by atoms with Crippen molar-refractivity contribution in [1.82, 2.24) is 15.1 Å². The molecule has 1 atom stereocenters. The highest BCUT2D eigenvalue weighted by molar-refractivity contribution is 5.80. The minimum atomic E-state index is 0.190. The molecule has 2 aliphatic rings. The first-order valence-electron chi connectivity index (χ1n) is 9.46. The van der Waals surface area contributed by atoms with Crippen LogP contribution in [0, 0.1) is 5.41 Å². The Kier molecular flexibility index (Phi) is 5.79. The molecule has 4 heteroatoms. The summed E-state index contributed by atoms with van der Waals surface area (Å²) >= 11 is 0. The molecule has 1 unspecified atom stereocenters. The Balaban J connectivity index is 1.50. The van der Waals surface area contributed by atoms with Crippen molar-refractivity contribution in [1.29, 1.82) is 0 Å². The van der Waals surface area contributed by atoms with E-state index in [1.54, 1.807) is 0 Å². The second-order valence-corrected chi connectivity index (χ2v) is 8.04. The molecule has 25 heavy (non-hydrogen) atoms. The smallest absolute Gasteiger partial charge is 0.193 e. The predicted octanol–water partition coefficient (Wildman–Crippen LogP) is 2.78. The Labute approximate surface area is 152 Å². The topological polar surface area (TPSA) is 30.9 Å². The van der Waals surface area contributed by atoms with Crippen molar-refractivity contribution >= 4 is 5.96 Å². The van der Waals surface area contributed by atoms with Gasteiger partial charge in [0.2, 0.25) is 0 Å². The molecule has 0 radical (unpaired) electrons. The Bertz CT molecular complexity index is 598. The van der Waals surface area contributed by atoms with Crippen molar-refractivity contribution in [3.05, 3.63) is 48.0 Å². The molecule has 0 saturated carbocycles. The average molecular weight is 341 g/mol. The van der Waals surface area contributed by atoms with Gasteiger partial charge < -0.3 is 10.2 Å². The van der Waals surface area contributed by atoms with E-state index in [4.69, 9.17) is 0 Å². The van der Waals surface area contributed by atoms with E-state index in [1.807, 2.05) is 7.05 Å². The molecule has 2 heterocycles. The first-order valence-corrected chi connectivity index (χ1v) is 9.46. The van der Waals surface area contributed by atoms with Gasteiger partial charge in [0.1, 0.15) is 0 Å². The molecule has 136 valence electrons. The number of nitrogens with one attached hydrogen (secondary N) is 1. The van der Waals surface area contributed by atoms with Crippen LogP contribution >= 0.6 is 0 Å². The highest BCUT2D eigenvalue weighted by Crippen LogP contribution is 2.22. The Morgan fingerprint density at radius 3 is 2.60 bits per heavy atom. The molecule has 1 aromatic rings. The third-order valence-electron chi connectivity index (χ3n) is 5.29. The normalized spacial score (nSPS) is 22.0. The lowest BCUT2D eigenvalue weighted by molar-refractivity contribution is 0.258. The summed E-state index contributed by atoms with van der Waals surface area (Å²) in [5.74, 6) is 1.05. The first kappa shape index (κ1) is 18.0. The quantitative estimate of drug-likeness (QED) is 0.508. The zero-order chi connectivity index (χ0) is 17.7. The van der Waals surface area contributed by atoms with Crippen molar-refractivity contribution in [3.8, 4) is 0 Å². The van der Waals surface area contributed by atoms with Crippen molar-refractivity contribution in [2.75, 3.05) is 39.8 Å². The molecule has 1 fully saturated rings. The van der Waals surface area contributed by atoms with Crippen LogP contribution in [-0.2, 0) is 6.42 Å². The third kappa shape index (κ3) is 4.85. The monoisotopic (exact) mass is 340 g/mol. The Hall–Kier alpha value is -1.81. The van der Waals surface area contributed by atoms with Crippen molar-refractivity contribution in [2.24, 2.45) is 10.4 Å². The molecule has 1 saturated heterocycles. The van der Waals surface area contributed by atoms with Gasteiger partial charge in [-0.05, 0) is 23.8 Å². The fourth-order valence-electron chi connectivity index (χ4n) is 3.89. The van der Waals surface area contributed by atoms with Gasteiger partial charge in [0.25, 0.3) is 0 Å². The average Bonchev–Trinajstić information content (AvgIpc) is 3.27. The summed E-state index contributed by atoms with van der Waals surface area (Å²) in [7, 11) is 1.90. The molecule has 0 aromatic heterocycles. The summed E-state index contributed by atoms with van der Waals surface area (Å²) in [6.07, 6.45) is 6.86. The predicted molar refractivity (Wildman–Crippen MR) is 106 cm³/mol. The van der Waals surface area contributed by atoms with Crippen LogP contribution in [0.15, 0.2) is 47.5 Å². The van der Waals surface area contributed by atoms with Crippen LogP contribution in [0.2, 0.25) is 0 Å². The maximum Gasteiger partial charge on any atom is 0.193 e. The minimum absolute atomic E-state index is 0.190. The van der Waals surface area contributed by atoms with Gasteiger partial charge in [0.15, 0.2) is 5.96 Å². The first-order chi connectivity index (χ1) is 12.1. The van der Waals surface area contributed by atoms with E-state index in [0.717, 1.165) is 45.1 Å². The van der Waals surface area contributed by atoms with Gasteiger partial charge in [-0.15, -0.1) is 0 Å². The molecule has 0 amide bonds. The van der Waals surface area contributed by atoms with Crippen molar-refractivity contribution in [3.63, 3.8) is 0 Å². The summed E-state index contributed by atoms with van der Waals surface area (Å²) in [6.45, 7) is 9.97. The number of rotatable bonds is 5. The summed E-state index contributed by atoms with van der Waals surface area (Å²) in [6, 6.07) is 11.4. The number of likely N-dealkylation sites (tertiary alicyclic amines) is 1. The molecule has 2 aliphatic heterocycles. The van der Waals surface area contributed by atoms with Crippen molar-refractivity contribution in [2.45, 2.75) is 32.7 Å². The van der Waals surface area contributed by atoms with E-state index in [1.165, 1.54) is 12.0 Å². The SMILES string of the molecule is CN=C(NCC(C)(C)Cc1ccccc1)N1CCC(N2CC=CC2)C1. The third-order valence-corrected chi connectivity index (χ3v) is 5.29. The second-order valence-electron chi connectivity index (χ2n) is 8.04. The van der Waals surface area contributed by atoms with Crippen LogP contribution < -0.4 is 5.32 Å². The Morgan fingerprint density at radius 1 is 1.20 bits per heavy atom. The minimum Gasteiger partial charge on any atom is -0.356 e. The number of benzene rings is 1. The van der Waals surface area contributed by atoms with Crippen LogP contribution in [-0.4, -0.2) is 61.6 Å². The van der Waals surface area contributed by atoms with E-state index in [2.05, 4.69) is 76.4 Å². The van der Waals surface area contributed by atoms with Gasteiger partial charge in [0, 0.05) is 45.8 Å². The summed E-state index contributed by atoms with van der Waals surface area (Å²) in [5.41, 5.74) is 1.59. The fraction of sp³-hybridized carbons (Fsp3) is 0.571. The number of nitrogens with zero attached hydrogens (tertiary/aromatic N) is 3. The van der Waals surface area contributed by atoms with Gasteiger partial charge in [-0.25, -0.2) is 0 Å². The molecule has 4 nitrogen and oxygen atoms in total. The summed E-state index contributed by atoms with van der Waals surface area (Å²) < 4.78 is 0. The second kappa shape index (κ2) is 8.05. The maximum absolute atomic E-state index is 4.54. The largest absolute Gasteiger partial charge is 0.356 e. The maximum atomic E-state index is 4.54.